The van der Waals surface area contributed by atoms with Gasteiger partial charge in [-0.25, -0.2) is 0 Å². The molecule has 0 amide bonds. The van der Waals surface area contributed by atoms with Gasteiger partial charge in [0.15, 0.2) is 0 Å². The van der Waals surface area contributed by atoms with Gasteiger partial charge >= 0.3 is 0 Å². The summed E-state index contributed by atoms with van der Waals surface area (Å²) in [5.74, 6) is 0.924. The molecule has 0 radical (unpaired) electrons. The summed E-state index contributed by atoms with van der Waals surface area (Å²) in [6, 6.07) is 6.25. The van der Waals surface area contributed by atoms with E-state index in [0.717, 1.165) is 18.0 Å². The van der Waals surface area contributed by atoms with Crippen LogP contribution in [0.5, 0.6) is 5.75 Å². The van der Waals surface area contributed by atoms with Crippen LogP contribution in [-0.2, 0) is 0 Å². The van der Waals surface area contributed by atoms with E-state index >= 15 is 0 Å². The molecule has 0 aromatic heterocycles. The lowest BCUT2D eigenvalue weighted by Crippen LogP contribution is -2.29. The van der Waals surface area contributed by atoms with E-state index in [1.165, 1.54) is 31.5 Å². The number of hydrogen-bond donors (Lipinski definition) is 0. The largest absolute Gasteiger partial charge is 0.543 e. The summed E-state index contributed by atoms with van der Waals surface area (Å²) in [6.45, 7) is 12.0. The SMILES string of the molecule is Cc1ccc(O[Si](C)(C)C)c(N=CCN2CCCC2)c1. The average Bonchev–Trinajstić information content (AvgIpc) is 2.84. The van der Waals surface area contributed by atoms with Gasteiger partial charge < -0.3 is 4.43 Å². The van der Waals surface area contributed by atoms with Crippen LogP contribution in [0, 0.1) is 6.92 Å². The van der Waals surface area contributed by atoms with Crippen LogP contribution in [0.1, 0.15) is 18.4 Å². The molecule has 1 aromatic carbocycles. The molecule has 0 unspecified atom stereocenters. The number of benzene rings is 1. The average molecular weight is 290 g/mol. The Morgan fingerprint density at radius 1 is 1.25 bits per heavy atom. The molecule has 0 saturated carbocycles. The van der Waals surface area contributed by atoms with Gasteiger partial charge in [-0.1, -0.05) is 6.07 Å². The van der Waals surface area contributed by atoms with Crippen LogP contribution in [0.15, 0.2) is 23.2 Å². The fourth-order valence-electron chi connectivity index (χ4n) is 2.36. The number of aliphatic imine (C=N–C) groups is 1. The summed E-state index contributed by atoms with van der Waals surface area (Å²) in [5, 5.41) is 0. The summed E-state index contributed by atoms with van der Waals surface area (Å²) in [6.07, 6.45) is 4.67. The first kappa shape index (κ1) is 15.3. The monoisotopic (exact) mass is 290 g/mol. The summed E-state index contributed by atoms with van der Waals surface area (Å²) < 4.78 is 6.12. The van der Waals surface area contributed by atoms with Crippen molar-refractivity contribution in [3.05, 3.63) is 23.8 Å². The highest BCUT2D eigenvalue weighted by Gasteiger charge is 2.18. The molecule has 1 aliphatic rings. The standard InChI is InChI=1S/C16H26N2OSi/c1-14-7-8-16(19-20(2,3)4)15(13-14)17-9-12-18-10-5-6-11-18/h7-9,13H,5-6,10-12H2,1-4H3. The second-order valence-corrected chi connectivity index (χ2v) is 10.9. The minimum absolute atomic E-state index is 0.924. The lowest BCUT2D eigenvalue weighted by atomic mass is 10.2. The van der Waals surface area contributed by atoms with E-state index in [-0.39, 0.29) is 0 Å². The van der Waals surface area contributed by atoms with Gasteiger partial charge in [0.25, 0.3) is 0 Å². The Kier molecular flexibility index (Phi) is 4.99. The molecule has 2 rings (SSSR count). The van der Waals surface area contributed by atoms with Crippen molar-refractivity contribution in [1.29, 1.82) is 0 Å². The lowest BCUT2D eigenvalue weighted by Gasteiger charge is -2.20. The fraction of sp³-hybridized carbons (Fsp3) is 0.562. The molecule has 0 spiro atoms. The lowest BCUT2D eigenvalue weighted by molar-refractivity contribution is 0.391. The van der Waals surface area contributed by atoms with Gasteiger partial charge in [-0.3, -0.25) is 9.89 Å². The molecular weight excluding hydrogens is 264 g/mol. The smallest absolute Gasteiger partial charge is 0.242 e. The molecule has 1 fully saturated rings. The van der Waals surface area contributed by atoms with Gasteiger partial charge in [0.1, 0.15) is 11.4 Å². The predicted molar refractivity (Wildman–Crippen MR) is 89.0 cm³/mol. The zero-order valence-electron chi connectivity index (χ0n) is 13.1. The van der Waals surface area contributed by atoms with Crippen LogP contribution in [0.3, 0.4) is 0 Å². The maximum Gasteiger partial charge on any atom is 0.242 e. The molecule has 1 saturated heterocycles. The molecule has 1 aliphatic heterocycles. The van der Waals surface area contributed by atoms with Crippen LogP contribution in [0.25, 0.3) is 0 Å². The zero-order valence-corrected chi connectivity index (χ0v) is 14.1. The Labute approximate surface area is 123 Å². The van der Waals surface area contributed by atoms with E-state index < -0.39 is 8.32 Å². The predicted octanol–water partition coefficient (Wildman–Crippen LogP) is 4.01. The van der Waals surface area contributed by atoms with E-state index in [0.29, 0.717) is 0 Å². The van der Waals surface area contributed by atoms with Crippen molar-refractivity contribution in [3.8, 4) is 5.75 Å². The maximum atomic E-state index is 6.12. The minimum Gasteiger partial charge on any atom is -0.543 e. The maximum absolute atomic E-state index is 6.12. The van der Waals surface area contributed by atoms with E-state index in [2.05, 4.69) is 54.7 Å². The van der Waals surface area contributed by atoms with Crippen LogP contribution >= 0.6 is 0 Å². The molecule has 110 valence electrons. The number of rotatable bonds is 5. The van der Waals surface area contributed by atoms with Gasteiger partial charge in [0, 0.05) is 12.8 Å². The fourth-order valence-corrected chi connectivity index (χ4v) is 3.20. The van der Waals surface area contributed by atoms with Crippen molar-refractivity contribution >= 4 is 20.2 Å². The Morgan fingerprint density at radius 2 is 1.95 bits per heavy atom. The van der Waals surface area contributed by atoms with Crippen LogP contribution in [-0.4, -0.2) is 39.1 Å². The molecular formula is C16H26N2OSi. The van der Waals surface area contributed by atoms with Crippen molar-refractivity contribution < 1.29 is 4.43 Å². The highest BCUT2D eigenvalue weighted by atomic mass is 28.4. The molecule has 0 atom stereocenters. The van der Waals surface area contributed by atoms with Crippen molar-refractivity contribution in [2.24, 2.45) is 4.99 Å². The first-order valence-corrected chi connectivity index (χ1v) is 10.9. The van der Waals surface area contributed by atoms with Gasteiger partial charge in [-0.05, 0) is 70.2 Å². The first-order valence-electron chi connectivity index (χ1n) is 7.49. The van der Waals surface area contributed by atoms with Crippen molar-refractivity contribution in [1.82, 2.24) is 4.90 Å². The third-order valence-corrected chi connectivity index (χ3v) is 4.13. The molecule has 0 N–H and O–H groups in total. The molecule has 3 nitrogen and oxygen atoms in total. The quantitative estimate of drug-likeness (QED) is 0.604. The summed E-state index contributed by atoms with van der Waals surface area (Å²) >= 11 is 0. The van der Waals surface area contributed by atoms with Crippen molar-refractivity contribution in [2.75, 3.05) is 19.6 Å². The van der Waals surface area contributed by atoms with Crippen molar-refractivity contribution in [3.63, 3.8) is 0 Å². The van der Waals surface area contributed by atoms with Crippen LogP contribution < -0.4 is 4.43 Å². The third kappa shape index (κ3) is 4.76. The van der Waals surface area contributed by atoms with Crippen LogP contribution in [0.2, 0.25) is 19.6 Å². The Hall–Kier alpha value is -1.13. The molecule has 4 heteroatoms. The van der Waals surface area contributed by atoms with E-state index in [1.807, 2.05) is 6.21 Å². The number of nitrogens with zero attached hydrogens (tertiary/aromatic N) is 2. The third-order valence-electron chi connectivity index (χ3n) is 3.30. The highest BCUT2D eigenvalue weighted by Crippen LogP contribution is 2.30. The van der Waals surface area contributed by atoms with Crippen LogP contribution in [0.4, 0.5) is 5.69 Å². The second kappa shape index (κ2) is 6.55. The molecule has 1 heterocycles. The Balaban J connectivity index is 2.08. The van der Waals surface area contributed by atoms with Gasteiger partial charge in [-0.2, -0.15) is 0 Å². The highest BCUT2D eigenvalue weighted by molar-refractivity contribution is 6.70. The van der Waals surface area contributed by atoms with Gasteiger partial charge in [0.2, 0.25) is 8.32 Å². The van der Waals surface area contributed by atoms with Gasteiger partial charge in [-0.15, -0.1) is 0 Å². The molecule has 1 aromatic rings. The normalized spacial score (nSPS) is 17.0. The van der Waals surface area contributed by atoms with E-state index in [4.69, 9.17) is 4.43 Å². The number of hydrogen-bond acceptors (Lipinski definition) is 3. The molecule has 20 heavy (non-hydrogen) atoms. The van der Waals surface area contributed by atoms with E-state index in [1.54, 1.807) is 0 Å². The minimum atomic E-state index is -1.60. The summed E-state index contributed by atoms with van der Waals surface area (Å²) in [5.41, 5.74) is 2.19. The van der Waals surface area contributed by atoms with E-state index in [9.17, 15) is 0 Å². The summed E-state index contributed by atoms with van der Waals surface area (Å²) in [4.78, 5) is 7.09. The first-order chi connectivity index (χ1) is 9.44. The molecule has 0 aliphatic carbocycles. The van der Waals surface area contributed by atoms with Gasteiger partial charge in [0.05, 0.1) is 0 Å². The number of aryl methyl sites for hydroxylation is 1. The Morgan fingerprint density at radius 3 is 2.60 bits per heavy atom. The van der Waals surface area contributed by atoms with Crippen molar-refractivity contribution in [2.45, 2.75) is 39.4 Å². The Bertz CT molecular complexity index is 474. The summed E-state index contributed by atoms with van der Waals surface area (Å²) in [7, 11) is -1.60. The zero-order chi connectivity index (χ0) is 14.6. The molecule has 0 bridgehead atoms. The topological polar surface area (TPSA) is 24.8 Å². The second-order valence-electron chi connectivity index (χ2n) is 6.51. The number of likely N-dealkylation sites (tertiary alicyclic amines) is 1.